The predicted octanol–water partition coefficient (Wildman–Crippen LogP) is 2.74. The summed E-state index contributed by atoms with van der Waals surface area (Å²) >= 11 is 0. The predicted molar refractivity (Wildman–Crippen MR) is 84.9 cm³/mol. The van der Waals surface area contributed by atoms with Crippen LogP contribution < -0.4 is 5.32 Å². The number of aromatic nitrogens is 4. The fraction of sp³-hybridized carbons (Fsp3) is 0.625. The largest absolute Gasteiger partial charge is 0.307 e. The van der Waals surface area contributed by atoms with Crippen molar-refractivity contribution in [3.8, 4) is 0 Å². The van der Waals surface area contributed by atoms with Crippen LogP contribution in [0.25, 0.3) is 0 Å². The highest BCUT2D eigenvalue weighted by Gasteiger charge is 2.07. The molecule has 0 amide bonds. The highest BCUT2D eigenvalue weighted by molar-refractivity contribution is 5.15. The topological polar surface area (TPSA) is 47.7 Å². The molecule has 1 N–H and O–H groups in total. The number of hydrogen-bond acceptors (Lipinski definition) is 3. The molecule has 2 heterocycles. The summed E-state index contributed by atoms with van der Waals surface area (Å²) in [5, 5.41) is 12.4. The molecule has 0 aromatic carbocycles. The standard InChI is InChI=1S/C16H27N5/c1-5-8-20-12-15(14(4)19-20)9-17-10-16-6-7-18-21(16)11-13(2)3/h6-7,12-13,17H,5,8-11H2,1-4H3. The lowest BCUT2D eigenvalue weighted by Gasteiger charge is -2.10. The normalized spacial score (nSPS) is 11.5. The maximum absolute atomic E-state index is 4.53. The van der Waals surface area contributed by atoms with Gasteiger partial charge in [-0.3, -0.25) is 9.36 Å². The highest BCUT2D eigenvalue weighted by atomic mass is 15.3. The molecule has 116 valence electrons. The molecule has 5 nitrogen and oxygen atoms in total. The molecular weight excluding hydrogens is 262 g/mol. The van der Waals surface area contributed by atoms with Crippen LogP contribution in [0.4, 0.5) is 0 Å². The van der Waals surface area contributed by atoms with Gasteiger partial charge in [-0.2, -0.15) is 10.2 Å². The Morgan fingerprint density at radius 3 is 2.81 bits per heavy atom. The molecular formula is C16H27N5. The van der Waals surface area contributed by atoms with Gasteiger partial charge < -0.3 is 5.32 Å². The average Bonchev–Trinajstić information content (AvgIpc) is 2.98. The number of aryl methyl sites for hydroxylation is 2. The Kier molecular flexibility index (Phi) is 5.56. The summed E-state index contributed by atoms with van der Waals surface area (Å²) in [6.45, 7) is 12.3. The lowest BCUT2D eigenvalue weighted by atomic mass is 10.2. The SMILES string of the molecule is CCCn1cc(CNCc2ccnn2CC(C)C)c(C)n1. The molecule has 2 aromatic heterocycles. The molecule has 0 atom stereocenters. The van der Waals surface area contributed by atoms with Crippen LogP contribution >= 0.6 is 0 Å². The lowest BCUT2D eigenvalue weighted by molar-refractivity contribution is 0.461. The first-order valence-electron chi connectivity index (χ1n) is 7.84. The molecule has 0 saturated carbocycles. The van der Waals surface area contributed by atoms with Crippen molar-refractivity contribution in [2.24, 2.45) is 5.92 Å². The van der Waals surface area contributed by atoms with Gasteiger partial charge in [0, 0.05) is 44.1 Å². The van der Waals surface area contributed by atoms with Crippen molar-refractivity contribution in [1.82, 2.24) is 24.9 Å². The van der Waals surface area contributed by atoms with Gasteiger partial charge in [-0.15, -0.1) is 0 Å². The zero-order chi connectivity index (χ0) is 15.2. The van der Waals surface area contributed by atoms with E-state index in [1.165, 1.54) is 11.3 Å². The molecule has 5 heteroatoms. The quantitative estimate of drug-likeness (QED) is 0.813. The minimum Gasteiger partial charge on any atom is -0.307 e. The molecule has 2 aromatic rings. The molecule has 0 unspecified atom stereocenters. The van der Waals surface area contributed by atoms with Crippen molar-refractivity contribution in [2.45, 2.75) is 60.3 Å². The smallest absolute Gasteiger partial charge is 0.0638 e. The van der Waals surface area contributed by atoms with Crippen LogP contribution in [-0.4, -0.2) is 19.6 Å². The molecule has 0 saturated heterocycles. The van der Waals surface area contributed by atoms with E-state index >= 15 is 0 Å². The third-order valence-electron chi connectivity index (χ3n) is 3.46. The Bertz CT molecular complexity index is 553. The Morgan fingerprint density at radius 1 is 1.29 bits per heavy atom. The van der Waals surface area contributed by atoms with E-state index in [0.717, 1.165) is 38.3 Å². The molecule has 0 aliphatic heterocycles. The van der Waals surface area contributed by atoms with Crippen LogP contribution in [0.5, 0.6) is 0 Å². The van der Waals surface area contributed by atoms with Crippen LogP contribution in [0.1, 0.15) is 44.1 Å². The summed E-state index contributed by atoms with van der Waals surface area (Å²) in [7, 11) is 0. The monoisotopic (exact) mass is 289 g/mol. The first kappa shape index (κ1) is 15.8. The summed E-state index contributed by atoms with van der Waals surface area (Å²) in [5.41, 5.74) is 3.63. The molecule has 0 fully saturated rings. The van der Waals surface area contributed by atoms with E-state index in [2.05, 4.69) is 60.2 Å². The maximum atomic E-state index is 4.53. The van der Waals surface area contributed by atoms with Gasteiger partial charge in [0.25, 0.3) is 0 Å². The number of nitrogens with one attached hydrogen (secondary N) is 1. The molecule has 0 bridgehead atoms. The van der Waals surface area contributed by atoms with Crippen molar-refractivity contribution >= 4 is 0 Å². The minimum atomic E-state index is 0.609. The van der Waals surface area contributed by atoms with Gasteiger partial charge in [0.1, 0.15) is 0 Å². The lowest BCUT2D eigenvalue weighted by Crippen LogP contribution is -2.18. The number of nitrogens with zero attached hydrogens (tertiary/aromatic N) is 4. The first-order valence-corrected chi connectivity index (χ1v) is 7.84. The van der Waals surface area contributed by atoms with Gasteiger partial charge >= 0.3 is 0 Å². The van der Waals surface area contributed by atoms with Crippen molar-refractivity contribution in [2.75, 3.05) is 0 Å². The molecule has 21 heavy (non-hydrogen) atoms. The van der Waals surface area contributed by atoms with E-state index in [1.807, 2.05) is 10.9 Å². The van der Waals surface area contributed by atoms with Crippen LogP contribution in [0.2, 0.25) is 0 Å². The fourth-order valence-corrected chi connectivity index (χ4v) is 2.42. The van der Waals surface area contributed by atoms with E-state index in [-0.39, 0.29) is 0 Å². The number of hydrogen-bond donors (Lipinski definition) is 1. The minimum absolute atomic E-state index is 0.609. The second kappa shape index (κ2) is 7.41. The van der Waals surface area contributed by atoms with E-state index in [1.54, 1.807) is 0 Å². The Morgan fingerprint density at radius 2 is 2.10 bits per heavy atom. The Balaban J connectivity index is 1.88. The summed E-state index contributed by atoms with van der Waals surface area (Å²) in [6.07, 6.45) is 5.14. The van der Waals surface area contributed by atoms with E-state index in [0.29, 0.717) is 5.92 Å². The number of rotatable bonds is 8. The van der Waals surface area contributed by atoms with Gasteiger partial charge in [-0.25, -0.2) is 0 Å². The van der Waals surface area contributed by atoms with Crippen LogP contribution in [0, 0.1) is 12.8 Å². The average molecular weight is 289 g/mol. The zero-order valence-electron chi connectivity index (χ0n) is 13.6. The van der Waals surface area contributed by atoms with Gasteiger partial charge in [-0.1, -0.05) is 20.8 Å². The second-order valence-electron chi connectivity index (χ2n) is 6.00. The highest BCUT2D eigenvalue weighted by Crippen LogP contribution is 2.08. The van der Waals surface area contributed by atoms with Crippen molar-refractivity contribution in [1.29, 1.82) is 0 Å². The summed E-state index contributed by atoms with van der Waals surface area (Å²) < 4.78 is 4.13. The zero-order valence-corrected chi connectivity index (χ0v) is 13.6. The van der Waals surface area contributed by atoms with E-state index in [9.17, 15) is 0 Å². The molecule has 0 aliphatic rings. The van der Waals surface area contributed by atoms with Crippen LogP contribution in [-0.2, 0) is 26.2 Å². The van der Waals surface area contributed by atoms with Crippen molar-refractivity contribution < 1.29 is 0 Å². The Hall–Kier alpha value is -1.62. The van der Waals surface area contributed by atoms with Crippen molar-refractivity contribution in [3.05, 3.63) is 35.4 Å². The maximum Gasteiger partial charge on any atom is 0.0638 e. The molecule has 0 spiro atoms. The Labute approximate surface area is 127 Å². The molecule has 0 aliphatic carbocycles. The fourth-order valence-electron chi connectivity index (χ4n) is 2.42. The van der Waals surface area contributed by atoms with Crippen LogP contribution in [0.3, 0.4) is 0 Å². The molecule has 2 rings (SSSR count). The van der Waals surface area contributed by atoms with E-state index in [4.69, 9.17) is 0 Å². The third-order valence-corrected chi connectivity index (χ3v) is 3.46. The van der Waals surface area contributed by atoms with Gasteiger partial charge in [-0.05, 0) is 25.3 Å². The third kappa shape index (κ3) is 4.43. The van der Waals surface area contributed by atoms with Gasteiger partial charge in [0.2, 0.25) is 0 Å². The van der Waals surface area contributed by atoms with Crippen molar-refractivity contribution in [3.63, 3.8) is 0 Å². The summed E-state index contributed by atoms with van der Waals surface area (Å²) in [4.78, 5) is 0. The summed E-state index contributed by atoms with van der Waals surface area (Å²) in [5.74, 6) is 0.609. The van der Waals surface area contributed by atoms with Gasteiger partial charge in [0.05, 0.1) is 11.4 Å². The summed E-state index contributed by atoms with van der Waals surface area (Å²) in [6, 6.07) is 2.09. The van der Waals surface area contributed by atoms with E-state index < -0.39 is 0 Å². The van der Waals surface area contributed by atoms with Crippen LogP contribution in [0.15, 0.2) is 18.5 Å². The second-order valence-corrected chi connectivity index (χ2v) is 6.00. The van der Waals surface area contributed by atoms with Gasteiger partial charge in [0.15, 0.2) is 0 Å². The molecule has 0 radical (unpaired) electrons. The first-order chi connectivity index (χ1) is 10.1.